The molecule has 1 aromatic heterocycles. The summed E-state index contributed by atoms with van der Waals surface area (Å²) in [7, 11) is 3.69. The fraction of sp³-hybridized carbons (Fsp3) is 0.474. The maximum atomic E-state index is 13.5. The van der Waals surface area contributed by atoms with E-state index in [-0.39, 0.29) is 35.5 Å². The molecule has 27 heavy (non-hydrogen) atoms. The van der Waals surface area contributed by atoms with Crippen molar-refractivity contribution >= 4 is 29.9 Å². The fourth-order valence-electron chi connectivity index (χ4n) is 2.59. The number of rotatable bonds is 9. The lowest BCUT2D eigenvalue weighted by Crippen LogP contribution is -2.41. The number of imidazole rings is 1. The molecule has 1 N–H and O–H groups in total. The summed E-state index contributed by atoms with van der Waals surface area (Å²) in [6.07, 6.45) is 5.94. The number of para-hydroxylation sites is 1. The van der Waals surface area contributed by atoms with Gasteiger partial charge in [-0.25, -0.2) is 9.37 Å². The van der Waals surface area contributed by atoms with Gasteiger partial charge in [-0.3, -0.25) is 4.99 Å². The van der Waals surface area contributed by atoms with Crippen LogP contribution in [0.1, 0.15) is 18.7 Å². The largest absolute Gasteiger partial charge is 0.489 e. The monoisotopic (exact) mass is 489 g/mol. The van der Waals surface area contributed by atoms with E-state index in [9.17, 15) is 4.39 Å². The summed E-state index contributed by atoms with van der Waals surface area (Å²) >= 11 is 0. The summed E-state index contributed by atoms with van der Waals surface area (Å²) in [6.45, 7) is 4.83. The molecule has 0 bridgehead atoms. The Morgan fingerprint density at radius 3 is 2.78 bits per heavy atom. The topological polar surface area (TPSA) is 54.7 Å². The van der Waals surface area contributed by atoms with Gasteiger partial charge >= 0.3 is 0 Å². The van der Waals surface area contributed by atoms with Crippen LogP contribution >= 0.6 is 24.0 Å². The van der Waals surface area contributed by atoms with Gasteiger partial charge in [0.25, 0.3) is 0 Å². The normalized spacial score (nSPS) is 11.0. The number of aliphatic imine (C=N–C) groups is 1. The highest BCUT2D eigenvalue weighted by Gasteiger charge is 2.07. The van der Waals surface area contributed by atoms with Crippen LogP contribution in [0.3, 0.4) is 0 Å². The zero-order valence-corrected chi connectivity index (χ0v) is 18.5. The van der Waals surface area contributed by atoms with Crippen LogP contribution in [-0.2, 0) is 6.54 Å². The smallest absolute Gasteiger partial charge is 0.193 e. The zero-order chi connectivity index (χ0) is 18.8. The van der Waals surface area contributed by atoms with Gasteiger partial charge in [-0.15, -0.1) is 24.0 Å². The van der Waals surface area contributed by atoms with Gasteiger partial charge in [-0.05, 0) is 31.9 Å². The van der Waals surface area contributed by atoms with Gasteiger partial charge in [0.1, 0.15) is 12.4 Å². The van der Waals surface area contributed by atoms with Crippen molar-refractivity contribution in [1.29, 1.82) is 0 Å². The van der Waals surface area contributed by atoms with E-state index in [0.717, 1.165) is 37.7 Å². The first-order valence-electron chi connectivity index (χ1n) is 8.88. The number of aromatic nitrogens is 2. The fourth-order valence-corrected chi connectivity index (χ4v) is 2.59. The first kappa shape index (κ1) is 23.2. The summed E-state index contributed by atoms with van der Waals surface area (Å²) in [5.41, 5.74) is 0. The van der Waals surface area contributed by atoms with Crippen LogP contribution in [0.5, 0.6) is 5.75 Å². The number of nitrogens with zero attached hydrogens (tertiary/aromatic N) is 4. The number of guanidine groups is 1. The molecular formula is C19H29FIN5O. The molecule has 0 radical (unpaired) electrons. The van der Waals surface area contributed by atoms with E-state index in [1.807, 2.05) is 31.3 Å². The highest BCUT2D eigenvalue weighted by molar-refractivity contribution is 14.0. The van der Waals surface area contributed by atoms with Crippen molar-refractivity contribution < 1.29 is 9.13 Å². The number of halogens is 2. The maximum absolute atomic E-state index is 13.5. The number of benzene rings is 1. The molecule has 0 aliphatic rings. The molecule has 0 unspecified atom stereocenters. The van der Waals surface area contributed by atoms with E-state index in [2.05, 4.69) is 19.9 Å². The van der Waals surface area contributed by atoms with E-state index in [1.54, 1.807) is 25.2 Å². The molecule has 2 rings (SSSR count). The van der Waals surface area contributed by atoms with E-state index in [1.165, 1.54) is 6.07 Å². The van der Waals surface area contributed by atoms with E-state index < -0.39 is 0 Å². The van der Waals surface area contributed by atoms with Gasteiger partial charge in [0.2, 0.25) is 0 Å². The summed E-state index contributed by atoms with van der Waals surface area (Å²) < 4.78 is 21.2. The quantitative estimate of drug-likeness (QED) is 0.254. The lowest BCUT2D eigenvalue weighted by atomic mass is 10.3. The minimum absolute atomic E-state index is 0. The van der Waals surface area contributed by atoms with Crippen molar-refractivity contribution in [2.75, 3.05) is 33.8 Å². The molecule has 0 aliphatic carbocycles. The van der Waals surface area contributed by atoms with Crippen LogP contribution in [0.4, 0.5) is 4.39 Å². The SMILES string of the molecule is CN=C(NCCCCn1ccnc1C)N(C)CCOc1ccccc1F.I. The molecule has 0 saturated carbocycles. The van der Waals surface area contributed by atoms with E-state index in [0.29, 0.717) is 13.2 Å². The Balaban J connectivity index is 0.00000364. The van der Waals surface area contributed by atoms with E-state index >= 15 is 0 Å². The highest BCUT2D eigenvalue weighted by Crippen LogP contribution is 2.14. The van der Waals surface area contributed by atoms with Crippen molar-refractivity contribution in [2.45, 2.75) is 26.3 Å². The van der Waals surface area contributed by atoms with Gasteiger partial charge in [-0.1, -0.05) is 12.1 Å². The Labute approximate surface area is 177 Å². The first-order chi connectivity index (χ1) is 12.6. The number of likely N-dealkylation sites (N-methyl/N-ethyl adjacent to an activating group) is 1. The Hall–Kier alpha value is -1.84. The summed E-state index contributed by atoms with van der Waals surface area (Å²) in [6, 6.07) is 6.43. The van der Waals surface area contributed by atoms with Crippen molar-refractivity contribution in [2.24, 2.45) is 4.99 Å². The molecule has 0 amide bonds. The number of hydrogen-bond donors (Lipinski definition) is 1. The Morgan fingerprint density at radius 1 is 1.33 bits per heavy atom. The van der Waals surface area contributed by atoms with Crippen LogP contribution in [0.25, 0.3) is 0 Å². The highest BCUT2D eigenvalue weighted by atomic mass is 127. The third-order valence-electron chi connectivity index (χ3n) is 4.13. The molecule has 0 fully saturated rings. The molecule has 1 heterocycles. The van der Waals surface area contributed by atoms with E-state index in [4.69, 9.17) is 4.74 Å². The molecule has 8 heteroatoms. The van der Waals surface area contributed by atoms with Crippen LogP contribution in [0.15, 0.2) is 41.7 Å². The zero-order valence-electron chi connectivity index (χ0n) is 16.2. The average Bonchev–Trinajstić information content (AvgIpc) is 3.04. The van der Waals surface area contributed by atoms with Crippen molar-refractivity contribution in [3.8, 4) is 5.75 Å². The molecule has 2 aromatic rings. The van der Waals surface area contributed by atoms with Crippen molar-refractivity contribution in [3.63, 3.8) is 0 Å². The third kappa shape index (κ3) is 7.74. The van der Waals surface area contributed by atoms with Crippen molar-refractivity contribution in [1.82, 2.24) is 19.8 Å². The molecule has 0 saturated heterocycles. The van der Waals surface area contributed by atoms with Gasteiger partial charge in [-0.2, -0.15) is 0 Å². The molecule has 0 aliphatic heterocycles. The third-order valence-corrected chi connectivity index (χ3v) is 4.13. The molecule has 0 spiro atoms. The minimum atomic E-state index is -0.342. The minimum Gasteiger partial charge on any atom is -0.489 e. The second kappa shape index (κ2) is 12.5. The number of unbranched alkanes of at least 4 members (excludes halogenated alkanes) is 1. The molecular weight excluding hydrogens is 460 g/mol. The summed E-state index contributed by atoms with van der Waals surface area (Å²) in [5, 5.41) is 3.35. The molecule has 1 aromatic carbocycles. The lowest BCUT2D eigenvalue weighted by Gasteiger charge is -2.22. The second-order valence-corrected chi connectivity index (χ2v) is 6.05. The second-order valence-electron chi connectivity index (χ2n) is 6.05. The van der Waals surface area contributed by atoms with Crippen LogP contribution in [-0.4, -0.2) is 54.2 Å². The summed E-state index contributed by atoms with van der Waals surface area (Å²) in [5.74, 6) is 1.79. The van der Waals surface area contributed by atoms with Crippen molar-refractivity contribution in [3.05, 3.63) is 48.3 Å². The van der Waals surface area contributed by atoms with Crippen LogP contribution in [0.2, 0.25) is 0 Å². The van der Waals surface area contributed by atoms with Gasteiger partial charge < -0.3 is 19.5 Å². The first-order valence-corrected chi connectivity index (χ1v) is 8.88. The predicted octanol–water partition coefficient (Wildman–Crippen LogP) is 3.32. The van der Waals surface area contributed by atoms with Gasteiger partial charge in [0.05, 0.1) is 6.54 Å². The van der Waals surface area contributed by atoms with Gasteiger partial charge in [0.15, 0.2) is 17.5 Å². The molecule has 6 nitrogen and oxygen atoms in total. The molecule has 150 valence electrons. The number of aryl methyl sites for hydroxylation is 2. The maximum Gasteiger partial charge on any atom is 0.193 e. The Morgan fingerprint density at radius 2 is 2.11 bits per heavy atom. The Bertz CT molecular complexity index is 707. The Kier molecular flexibility index (Phi) is 10.8. The average molecular weight is 489 g/mol. The summed E-state index contributed by atoms with van der Waals surface area (Å²) in [4.78, 5) is 10.5. The number of ether oxygens (including phenoxy) is 1. The predicted molar refractivity (Wildman–Crippen MR) is 117 cm³/mol. The lowest BCUT2D eigenvalue weighted by molar-refractivity contribution is 0.270. The number of hydrogen-bond acceptors (Lipinski definition) is 3. The number of nitrogens with one attached hydrogen (secondary N) is 1. The molecule has 0 atom stereocenters. The van der Waals surface area contributed by atoms with Crippen LogP contribution < -0.4 is 10.1 Å². The van der Waals surface area contributed by atoms with Crippen LogP contribution in [0, 0.1) is 12.7 Å². The standard InChI is InChI=1S/C19H28FN5O.HI/c1-16-22-11-13-25(16)12-7-6-10-23-19(21-2)24(3)14-15-26-18-9-5-4-8-17(18)20;/h4-5,8-9,11,13H,6-7,10,12,14-15H2,1-3H3,(H,21,23);1H. The van der Waals surface area contributed by atoms with Gasteiger partial charge in [0, 0.05) is 39.6 Å².